The predicted octanol–water partition coefficient (Wildman–Crippen LogP) is 9.57. The molecule has 0 amide bonds. The van der Waals surface area contributed by atoms with E-state index in [1.54, 1.807) is 0 Å². The van der Waals surface area contributed by atoms with Crippen molar-refractivity contribution in [2.45, 2.75) is 148 Å². The van der Waals surface area contributed by atoms with Gasteiger partial charge in [-0.25, -0.2) is 0 Å². The fourth-order valence-electron chi connectivity index (χ4n) is 4.91. The van der Waals surface area contributed by atoms with E-state index < -0.39 is 80.0 Å². The van der Waals surface area contributed by atoms with Crippen LogP contribution in [-0.2, 0) is 11.1 Å². The molecule has 1 fully saturated rings. The molecule has 0 aromatic rings. The van der Waals surface area contributed by atoms with Gasteiger partial charge >= 0.3 is 224 Å². The van der Waals surface area contributed by atoms with E-state index >= 15 is 8.22 Å². The molecule has 0 spiro atoms. The molecule has 1 saturated heterocycles. The van der Waals surface area contributed by atoms with Gasteiger partial charge in [0.15, 0.2) is 0 Å². The molecule has 4 nitrogen and oxygen atoms in total. The molecule has 1 heterocycles. The van der Waals surface area contributed by atoms with Crippen LogP contribution in [0.15, 0.2) is 0 Å². The molecule has 10 heteroatoms. The van der Waals surface area contributed by atoms with Gasteiger partial charge in [0, 0.05) is 0 Å². The molecule has 1 aliphatic heterocycles. The summed E-state index contributed by atoms with van der Waals surface area (Å²) in [7, 11) is -8.92. The van der Waals surface area contributed by atoms with E-state index in [2.05, 4.69) is 0 Å². The number of hydrogen-bond acceptors (Lipinski definition) is 4. The summed E-state index contributed by atoms with van der Waals surface area (Å²) in [5.74, 6) is 0. The van der Waals surface area contributed by atoms with Crippen molar-refractivity contribution >= 4 is 56.2 Å². The van der Waals surface area contributed by atoms with Crippen molar-refractivity contribution in [2.24, 2.45) is 0 Å². The maximum absolute atomic E-state index is 17.7. The number of rotatable bonds is 0. The van der Waals surface area contributed by atoms with Gasteiger partial charge in [0.2, 0.25) is 0 Å². The van der Waals surface area contributed by atoms with Crippen molar-refractivity contribution < 1.29 is 19.3 Å². The van der Waals surface area contributed by atoms with Crippen molar-refractivity contribution in [2.75, 3.05) is 0 Å². The van der Waals surface area contributed by atoms with Crippen LogP contribution in [0.2, 0.25) is 23.8 Å². The van der Waals surface area contributed by atoms with E-state index in [1.165, 1.54) is 0 Å². The SMILES string of the molecule is CC(C)(C)[Si]1(F)[O][Sn]([C](C)(C)C)([C](C)(C)C)[O][Si](F)(C(C)(C)C)[O][Sn]([C](C)(C)C)([C](C)(C)C)[O]1. The summed E-state index contributed by atoms with van der Waals surface area (Å²) in [6.07, 6.45) is 0. The monoisotopic (exact) mass is 740 g/mol. The fourth-order valence-corrected chi connectivity index (χ4v) is 75.1. The molecule has 0 N–H and O–H groups in total. The Morgan fingerprint density at radius 2 is 0.529 bits per heavy atom. The van der Waals surface area contributed by atoms with Crippen molar-refractivity contribution in [3.63, 3.8) is 0 Å². The van der Waals surface area contributed by atoms with Gasteiger partial charge < -0.3 is 0 Å². The predicted molar refractivity (Wildman–Crippen MR) is 148 cm³/mol. The van der Waals surface area contributed by atoms with Crippen LogP contribution >= 0.6 is 0 Å². The Morgan fingerprint density at radius 3 is 0.618 bits per heavy atom. The minimum absolute atomic E-state index is 0.566. The van der Waals surface area contributed by atoms with Crippen LogP contribution in [0, 0.1) is 0 Å². The molecule has 0 bridgehead atoms. The third-order valence-electron chi connectivity index (χ3n) is 6.84. The van der Waals surface area contributed by atoms with E-state index in [0.717, 1.165) is 0 Å². The first kappa shape index (κ1) is 33.8. The van der Waals surface area contributed by atoms with Crippen LogP contribution in [0.25, 0.3) is 0 Å². The van der Waals surface area contributed by atoms with Crippen LogP contribution in [0.5, 0.6) is 0 Å². The van der Waals surface area contributed by atoms with Gasteiger partial charge in [-0.05, 0) is 0 Å². The van der Waals surface area contributed by atoms with Gasteiger partial charge in [0.05, 0.1) is 0 Å². The molecule has 0 saturated carbocycles. The Kier molecular flexibility index (Phi) is 9.08. The van der Waals surface area contributed by atoms with E-state index in [4.69, 9.17) is 11.1 Å². The standard InChI is InChI=1S/2C4H9FO2Si.4C4H9.2Sn/c2*1-4(2,3)8(5,6)7;4*1-4(2)3;;/h2*1-3H3;4*1-3H3;;/q2*-2;;;;;2*+2. The summed E-state index contributed by atoms with van der Waals surface area (Å²) in [6, 6.07) is 0. The summed E-state index contributed by atoms with van der Waals surface area (Å²) in [6.45, 7) is 35.2. The van der Waals surface area contributed by atoms with E-state index in [1.807, 2.05) is 125 Å². The summed E-state index contributed by atoms with van der Waals surface area (Å²) in [5, 5.41) is -1.81. The van der Waals surface area contributed by atoms with Crippen LogP contribution in [-0.4, -0.2) is 56.2 Å². The van der Waals surface area contributed by atoms with Crippen molar-refractivity contribution in [1.29, 1.82) is 0 Å². The van der Waals surface area contributed by atoms with Gasteiger partial charge in [-0.1, -0.05) is 0 Å². The molecule has 204 valence electrons. The van der Waals surface area contributed by atoms with Crippen LogP contribution < -0.4 is 0 Å². The Labute approximate surface area is 222 Å². The molecule has 0 unspecified atom stereocenters. The second-order valence-corrected chi connectivity index (χ2v) is 53.3. The molecule has 0 radical (unpaired) electrons. The zero-order valence-electron chi connectivity index (χ0n) is 25.4. The van der Waals surface area contributed by atoms with Gasteiger partial charge in [-0.15, -0.1) is 0 Å². The second-order valence-electron chi connectivity index (χ2n) is 16.2. The molecule has 0 aliphatic carbocycles. The summed E-state index contributed by atoms with van der Waals surface area (Å²) in [5.41, 5.74) is 0. The first-order valence-corrected chi connectivity index (χ1v) is 26.3. The molecule has 0 aromatic carbocycles. The molecule has 1 rings (SSSR count). The van der Waals surface area contributed by atoms with Gasteiger partial charge in [0.1, 0.15) is 0 Å². The summed E-state index contributed by atoms with van der Waals surface area (Å²) < 4.78 is 60.8. The van der Waals surface area contributed by atoms with Crippen LogP contribution in [0.1, 0.15) is 125 Å². The molecule has 0 atom stereocenters. The zero-order valence-corrected chi connectivity index (χ0v) is 33.1. The fraction of sp³-hybridized carbons (Fsp3) is 1.00. The topological polar surface area (TPSA) is 36.9 Å². The van der Waals surface area contributed by atoms with Crippen molar-refractivity contribution in [1.82, 2.24) is 0 Å². The third-order valence-corrected chi connectivity index (χ3v) is 54.0. The van der Waals surface area contributed by atoms with Gasteiger partial charge in [0.25, 0.3) is 0 Å². The summed E-state index contributed by atoms with van der Waals surface area (Å²) in [4.78, 5) is 0. The zero-order chi connectivity index (χ0) is 27.8. The maximum atomic E-state index is 17.7. The molecule has 0 aromatic heterocycles. The molecule has 1 aliphatic rings. The number of hydrogen-bond donors (Lipinski definition) is 0. The Bertz CT molecular complexity index is 644. The first-order valence-electron chi connectivity index (χ1n) is 12.5. The Balaban J connectivity index is 4.30. The van der Waals surface area contributed by atoms with E-state index in [-0.39, 0.29) is 0 Å². The van der Waals surface area contributed by atoms with Crippen LogP contribution in [0.3, 0.4) is 0 Å². The average Bonchev–Trinajstić information content (AvgIpc) is 2.44. The van der Waals surface area contributed by atoms with E-state index in [0.29, 0.717) is 0 Å². The van der Waals surface area contributed by atoms with E-state index in [9.17, 15) is 0 Å². The molecule has 34 heavy (non-hydrogen) atoms. The quantitative estimate of drug-likeness (QED) is 0.183. The second kappa shape index (κ2) is 9.15. The van der Waals surface area contributed by atoms with Crippen molar-refractivity contribution in [3.05, 3.63) is 0 Å². The molecular weight excluding hydrogens is 684 g/mol. The first-order chi connectivity index (χ1) is 14.3. The normalized spacial score (nSPS) is 30.0. The van der Waals surface area contributed by atoms with Gasteiger partial charge in [-0.2, -0.15) is 0 Å². The Morgan fingerprint density at radius 1 is 0.382 bits per heavy atom. The number of halogens is 2. The van der Waals surface area contributed by atoms with Gasteiger partial charge in [-0.3, -0.25) is 0 Å². The molecular formula is C24H54F2O4Si2Sn2. The van der Waals surface area contributed by atoms with Crippen LogP contribution in [0.4, 0.5) is 8.22 Å². The summed E-state index contributed by atoms with van der Waals surface area (Å²) >= 11 is -9.48. The average molecular weight is 738 g/mol. The van der Waals surface area contributed by atoms with Crippen molar-refractivity contribution in [3.8, 4) is 0 Å². The Hall–Kier alpha value is 1.73. The minimum atomic E-state index is -4.74. The third kappa shape index (κ3) is 5.68.